The molecule has 0 aliphatic carbocycles. The third-order valence-electron chi connectivity index (χ3n) is 1.93. The molecule has 0 bridgehead atoms. The number of aromatic nitrogens is 1. The minimum atomic E-state index is -0.295. The maximum Gasteiger partial charge on any atom is 0.168 e. The third-order valence-corrected chi connectivity index (χ3v) is 1.93. The quantitative estimate of drug-likeness (QED) is 0.749. The molecule has 1 unspecified atom stereocenters. The van der Waals surface area contributed by atoms with Crippen LogP contribution < -0.4 is 10.1 Å². The summed E-state index contributed by atoms with van der Waals surface area (Å²) < 4.78 is 5.41. The number of nitrogens with zero attached hydrogens (tertiary/aromatic N) is 1. The Hall–Kier alpha value is -1.29. The van der Waals surface area contributed by atoms with E-state index in [-0.39, 0.29) is 6.10 Å². The summed E-state index contributed by atoms with van der Waals surface area (Å²) in [5.74, 6) is 1.49. The van der Waals surface area contributed by atoms with Crippen molar-refractivity contribution >= 4 is 5.82 Å². The fourth-order valence-corrected chi connectivity index (χ4v) is 1.19. The first kappa shape index (κ1) is 11.8. The standard InChI is InChI=1S/C11H18N2O2/c1-3-15-10-5-4-7-12-11(10)13-8-6-9(2)14/h4-5,7,9,14H,3,6,8H2,1-2H3,(H,12,13). The molecule has 4 nitrogen and oxygen atoms in total. The second-order valence-corrected chi connectivity index (χ2v) is 3.35. The van der Waals surface area contributed by atoms with Crippen LogP contribution in [0.25, 0.3) is 0 Å². The van der Waals surface area contributed by atoms with Crippen LogP contribution in [0.15, 0.2) is 18.3 Å². The zero-order chi connectivity index (χ0) is 11.1. The lowest BCUT2D eigenvalue weighted by atomic mass is 10.3. The molecule has 1 rings (SSSR count). The van der Waals surface area contributed by atoms with Gasteiger partial charge in [0.2, 0.25) is 0 Å². The molecule has 0 aliphatic rings. The summed E-state index contributed by atoms with van der Waals surface area (Å²) in [6.45, 7) is 5.02. The van der Waals surface area contributed by atoms with Crippen molar-refractivity contribution in [3.8, 4) is 5.75 Å². The van der Waals surface area contributed by atoms with E-state index in [1.165, 1.54) is 0 Å². The molecule has 0 saturated carbocycles. The van der Waals surface area contributed by atoms with Crippen LogP contribution >= 0.6 is 0 Å². The van der Waals surface area contributed by atoms with Gasteiger partial charge in [0.05, 0.1) is 12.7 Å². The second-order valence-electron chi connectivity index (χ2n) is 3.35. The Bertz CT molecular complexity index is 290. The highest BCUT2D eigenvalue weighted by molar-refractivity contribution is 5.49. The smallest absolute Gasteiger partial charge is 0.168 e. The van der Waals surface area contributed by atoms with Crippen molar-refractivity contribution in [2.75, 3.05) is 18.5 Å². The van der Waals surface area contributed by atoms with E-state index in [0.29, 0.717) is 19.6 Å². The molecule has 0 radical (unpaired) electrons. The number of ether oxygens (including phenoxy) is 1. The van der Waals surface area contributed by atoms with Crippen LogP contribution in [0.5, 0.6) is 5.75 Å². The second kappa shape index (κ2) is 6.24. The normalized spacial score (nSPS) is 12.2. The molecular weight excluding hydrogens is 192 g/mol. The van der Waals surface area contributed by atoms with Crippen LogP contribution in [0.1, 0.15) is 20.3 Å². The third kappa shape index (κ3) is 4.16. The lowest BCUT2D eigenvalue weighted by molar-refractivity contribution is 0.188. The Balaban J connectivity index is 2.51. The predicted molar refractivity (Wildman–Crippen MR) is 60.2 cm³/mol. The zero-order valence-electron chi connectivity index (χ0n) is 9.23. The number of hydrogen-bond donors (Lipinski definition) is 2. The topological polar surface area (TPSA) is 54.4 Å². The number of anilines is 1. The van der Waals surface area contributed by atoms with Gasteiger partial charge in [-0.25, -0.2) is 4.98 Å². The van der Waals surface area contributed by atoms with Crippen LogP contribution in [-0.4, -0.2) is 29.3 Å². The van der Waals surface area contributed by atoms with Crippen LogP contribution in [0, 0.1) is 0 Å². The largest absolute Gasteiger partial charge is 0.490 e. The number of pyridine rings is 1. The highest BCUT2D eigenvalue weighted by Crippen LogP contribution is 2.20. The fourth-order valence-electron chi connectivity index (χ4n) is 1.19. The molecule has 0 saturated heterocycles. The minimum Gasteiger partial charge on any atom is -0.490 e. The lowest BCUT2D eigenvalue weighted by Gasteiger charge is -2.11. The number of rotatable bonds is 6. The van der Waals surface area contributed by atoms with Gasteiger partial charge in [0.1, 0.15) is 0 Å². The molecule has 0 fully saturated rings. The van der Waals surface area contributed by atoms with Crippen molar-refractivity contribution in [1.82, 2.24) is 4.98 Å². The molecule has 0 amide bonds. The maximum absolute atomic E-state index is 9.11. The van der Waals surface area contributed by atoms with E-state index in [0.717, 1.165) is 11.6 Å². The van der Waals surface area contributed by atoms with Crippen molar-refractivity contribution in [3.63, 3.8) is 0 Å². The Morgan fingerprint density at radius 3 is 3.07 bits per heavy atom. The summed E-state index contributed by atoms with van der Waals surface area (Å²) in [5.41, 5.74) is 0. The summed E-state index contributed by atoms with van der Waals surface area (Å²) in [4.78, 5) is 4.18. The van der Waals surface area contributed by atoms with E-state index in [1.807, 2.05) is 19.1 Å². The monoisotopic (exact) mass is 210 g/mol. The summed E-state index contributed by atoms with van der Waals surface area (Å²) >= 11 is 0. The molecule has 1 atom stereocenters. The Morgan fingerprint density at radius 1 is 1.60 bits per heavy atom. The average Bonchev–Trinajstić information content (AvgIpc) is 2.20. The van der Waals surface area contributed by atoms with E-state index in [4.69, 9.17) is 9.84 Å². The van der Waals surface area contributed by atoms with Crippen LogP contribution in [0.3, 0.4) is 0 Å². The highest BCUT2D eigenvalue weighted by atomic mass is 16.5. The maximum atomic E-state index is 9.11. The van der Waals surface area contributed by atoms with Crippen LogP contribution in [0.4, 0.5) is 5.82 Å². The highest BCUT2D eigenvalue weighted by Gasteiger charge is 2.03. The Morgan fingerprint density at radius 2 is 2.40 bits per heavy atom. The molecule has 1 aromatic heterocycles. The van der Waals surface area contributed by atoms with Crippen molar-refractivity contribution < 1.29 is 9.84 Å². The SMILES string of the molecule is CCOc1cccnc1NCCC(C)O. The average molecular weight is 210 g/mol. The summed E-state index contributed by atoms with van der Waals surface area (Å²) in [5, 5.41) is 12.2. The molecule has 2 N–H and O–H groups in total. The predicted octanol–water partition coefficient (Wildman–Crippen LogP) is 1.66. The van der Waals surface area contributed by atoms with Gasteiger partial charge in [0, 0.05) is 12.7 Å². The van der Waals surface area contributed by atoms with E-state index >= 15 is 0 Å². The number of aliphatic hydroxyl groups excluding tert-OH is 1. The van der Waals surface area contributed by atoms with Crippen LogP contribution in [0.2, 0.25) is 0 Å². The first-order valence-corrected chi connectivity index (χ1v) is 5.23. The molecule has 4 heteroatoms. The first-order valence-electron chi connectivity index (χ1n) is 5.23. The van der Waals surface area contributed by atoms with Gasteiger partial charge in [-0.15, -0.1) is 0 Å². The Kier molecular flexibility index (Phi) is 4.90. The summed E-state index contributed by atoms with van der Waals surface area (Å²) in [6.07, 6.45) is 2.12. The van der Waals surface area contributed by atoms with Gasteiger partial charge in [0.15, 0.2) is 11.6 Å². The van der Waals surface area contributed by atoms with Gasteiger partial charge in [-0.1, -0.05) is 0 Å². The molecule has 1 aromatic rings. The van der Waals surface area contributed by atoms with Gasteiger partial charge in [0.25, 0.3) is 0 Å². The molecule has 84 valence electrons. The first-order chi connectivity index (χ1) is 7.24. The van der Waals surface area contributed by atoms with Gasteiger partial charge >= 0.3 is 0 Å². The number of aliphatic hydroxyl groups is 1. The summed E-state index contributed by atoms with van der Waals surface area (Å²) in [7, 11) is 0. The Labute approximate surface area is 90.3 Å². The zero-order valence-corrected chi connectivity index (χ0v) is 9.23. The van der Waals surface area contributed by atoms with Crippen molar-refractivity contribution in [2.45, 2.75) is 26.4 Å². The van der Waals surface area contributed by atoms with Crippen LogP contribution in [-0.2, 0) is 0 Å². The van der Waals surface area contributed by atoms with E-state index < -0.39 is 0 Å². The van der Waals surface area contributed by atoms with Gasteiger partial charge in [-0.05, 0) is 32.4 Å². The van der Waals surface area contributed by atoms with Crippen molar-refractivity contribution in [3.05, 3.63) is 18.3 Å². The number of nitrogens with one attached hydrogen (secondary N) is 1. The van der Waals surface area contributed by atoms with Crippen molar-refractivity contribution in [1.29, 1.82) is 0 Å². The molecule has 0 spiro atoms. The lowest BCUT2D eigenvalue weighted by Crippen LogP contribution is -2.11. The molecule has 1 heterocycles. The molecule has 0 aliphatic heterocycles. The fraction of sp³-hybridized carbons (Fsp3) is 0.545. The van der Waals surface area contributed by atoms with Gasteiger partial charge < -0.3 is 15.2 Å². The summed E-state index contributed by atoms with van der Waals surface area (Å²) in [6, 6.07) is 3.71. The minimum absolute atomic E-state index is 0.295. The molecule has 15 heavy (non-hydrogen) atoms. The van der Waals surface area contributed by atoms with E-state index in [1.54, 1.807) is 13.1 Å². The van der Waals surface area contributed by atoms with Gasteiger partial charge in [-0.2, -0.15) is 0 Å². The van der Waals surface area contributed by atoms with E-state index in [2.05, 4.69) is 10.3 Å². The van der Waals surface area contributed by atoms with Gasteiger partial charge in [-0.3, -0.25) is 0 Å². The van der Waals surface area contributed by atoms with E-state index in [9.17, 15) is 0 Å². The van der Waals surface area contributed by atoms with Crippen molar-refractivity contribution in [2.24, 2.45) is 0 Å². The molecular formula is C11H18N2O2. The molecule has 0 aromatic carbocycles. The number of hydrogen-bond acceptors (Lipinski definition) is 4.